The molecule has 0 radical (unpaired) electrons. The van der Waals surface area contributed by atoms with Crippen LogP contribution in [0.5, 0.6) is 0 Å². The van der Waals surface area contributed by atoms with E-state index in [1.165, 1.54) is 12.1 Å². The fourth-order valence-corrected chi connectivity index (χ4v) is 2.74. The van der Waals surface area contributed by atoms with Crippen molar-refractivity contribution >= 4 is 40.0 Å². The summed E-state index contributed by atoms with van der Waals surface area (Å²) in [5.74, 6) is 0.727. The maximum absolute atomic E-state index is 11.2. The average Bonchev–Trinajstić information content (AvgIpc) is 2.97. The van der Waals surface area contributed by atoms with Crippen molar-refractivity contribution in [3.63, 3.8) is 0 Å². The lowest BCUT2D eigenvalue weighted by atomic mass is 10.1. The monoisotopic (exact) mass is 492 g/mol. The average molecular weight is 492 g/mol. The van der Waals surface area contributed by atoms with Crippen molar-refractivity contribution < 1.29 is 8.42 Å². The molecule has 0 atom stereocenters. The number of guanidine groups is 1. The number of nitrogens with two attached hydrogens (primary N) is 1. The first-order valence-corrected chi connectivity index (χ1v) is 9.55. The Morgan fingerprint density at radius 1 is 1.23 bits per heavy atom. The van der Waals surface area contributed by atoms with Crippen LogP contribution in [0.25, 0.3) is 0 Å². The van der Waals surface area contributed by atoms with Gasteiger partial charge >= 0.3 is 0 Å². The Kier molecular flexibility index (Phi) is 9.02. The fourth-order valence-electron chi connectivity index (χ4n) is 2.23. The molecule has 1 aromatic heterocycles. The van der Waals surface area contributed by atoms with Crippen LogP contribution < -0.4 is 15.8 Å². The number of nitrogens with zero attached hydrogens (tertiary/aromatic N) is 3. The van der Waals surface area contributed by atoms with E-state index in [0.717, 1.165) is 30.2 Å². The van der Waals surface area contributed by atoms with Gasteiger partial charge in [0.2, 0.25) is 10.0 Å². The molecule has 2 rings (SSSR count). The molecule has 10 heteroatoms. The highest BCUT2D eigenvalue weighted by atomic mass is 127. The highest BCUT2D eigenvalue weighted by Gasteiger charge is 2.06. The Bertz CT molecular complexity index is 818. The van der Waals surface area contributed by atoms with Gasteiger partial charge in [0.25, 0.3) is 0 Å². The first-order valence-electron chi connectivity index (χ1n) is 8.01. The molecule has 1 heterocycles. The van der Waals surface area contributed by atoms with Crippen molar-refractivity contribution in [1.82, 2.24) is 20.4 Å². The smallest absolute Gasteiger partial charge is 0.238 e. The second kappa shape index (κ2) is 10.5. The highest BCUT2D eigenvalue weighted by molar-refractivity contribution is 14.0. The first-order chi connectivity index (χ1) is 11.9. The third-order valence-electron chi connectivity index (χ3n) is 3.62. The van der Waals surface area contributed by atoms with Crippen LogP contribution in [0.15, 0.2) is 46.4 Å². The third-order valence-corrected chi connectivity index (χ3v) is 4.55. The van der Waals surface area contributed by atoms with Crippen LogP contribution in [-0.4, -0.2) is 37.2 Å². The molecule has 26 heavy (non-hydrogen) atoms. The summed E-state index contributed by atoms with van der Waals surface area (Å²) in [7, 11) is -1.76. The zero-order valence-corrected chi connectivity index (χ0v) is 18.0. The van der Waals surface area contributed by atoms with E-state index in [1.54, 1.807) is 23.0 Å². The van der Waals surface area contributed by atoms with Gasteiger partial charge in [-0.25, -0.2) is 18.5 Å². The summed E-state index contributed by atoms with van der Waals surface area (Å²) in [4.78, 5) is 4.65. The van der Waals surface area contributed by atoms with Gasteiger partial charge in [0, 0.05) is 26.3 Å². The molecule has 0 amide bonds. The molecule has 0 saturated carbocycles. The Morgan fingerprint density at radius 3 is 2.46 bits per heavy atom. The summed E-state index contributed by atoms with van der Waals surface area (Å²) in [5.41, 5.74) is 2.04. The molecule has 0 aliphatic rings. The molecule has 4 N–H and O–H groups in total. The molecule has 144 valence electrons. The number of benzene rings is 1. The lowest BCUT2D eigenvalue weighted by molar-refractivity contribution is 0.598. The van der Waals surface area contributed by atoms with Crippen molar-refractivity contribution in [1.29, 1.82) is 0 Å². The molecular formula is C16H25IN6O2S. The number of nitrogens with one attached hydrogen (secondary N) is 2. The summed E-state index contributed by atoms with van der Waals surface area (Å²) in [6.07, 6.45) is 2.48. The van der Waals surface area contributed by atoms with Crippen LogP contribution in [0.2, 0.25) is 0 Å². The Labute approximate surface area is 171 Å². The van der Waals surface area contributed by atoms with Crippen molar-refractivity contribution in [3.05, 3.63) is 47.8 Å². The number of aromatic nitrogens is 2. The van der Waals surface area contributed by atoms with E-state index in [-0.39, 0.29) is 28.9 Å². The molecule has 2 aromatic rings. The Balaban J connectivity index is 0.00000338. The van der Waals surface area contributed by atoms with Crippen LogP contribution in [-0.2, 0) is 30.0 Å². The topological polar surface area (TPSA) is 114 Å². The van der Waals surface area contributed by atoms with E-state index in [9.17, 15) is 8.42 Å². The SMILES string of the molecule is CCNC(=NCc1ccnn1C)NCCc1ccc(S(N)(=O)=O)cc1.I. The molecular weight excluding hydrogens is 467 g/mol. The summed E-state index contributed by atoms with van der Waals surface area (Å²) < 4.78 is 24.3. The first kappa shape index (κ1) is 22.4. The summed E-state index contributed by atoms with van der Waals surface area (Å²) >= 11 is 0. The normalized spacial score (nSPS) is 11.7. The quantitative estimate of drug-likeness (QED) is 0.303. The van der Waals surface area contributed by atoms with Crippen molar-refractivity contribution in [3.8, 4) is 0 Å². The lowest BCUT2D eigenvalue weighted by Crippen LogP contribution is -2.38. The van der Waals surface area contributed by atoms with Gasteiger partial charge in [-0.3, -0.25) is 4.68 Å². The van der Waals surface area contributed by atoms with Crippen LogP contribution in [0.1, 0.15) is 18.2 Å². The molecule has 0 unspecified atom stereocenters. The summed E-state index contributed by atoms with van der Waals surface area (Å²) in [5, 5.41) is 15.7. The van der Waals surface area contributed by atoms with Crippen LogP contribution >= 0.6 is 24.0 Å². The van der Waals surface area contributed by atoms with Gasteiger partial charge in [-0.05, 0) is 37.1 Å². The van der Waals surface area contributed by atoms with E-state index in [4.69, 9.17) is 5.14 Å². The Hall–Kier alpha value is -1.66. The van der Waals surface area contributed by atoms with Gasteiger partial charge in [0.15, 0.2) is 5.96 Å². The number of halogens is 1. The molecule has 0 aliphatic carbocycles. The van der Waals surface area contributed by atoms with E-state index >= 15 is 0 Å². The maximum atomic E-state index is 11.2. The number of aliphatic imine (C=N–C) groups is 1. The third kappa shape index (κ3) is 6.92. The number of primary sulfonamides is 1. The number of sulfonamides is 1. The number of aryl methyl sites for hydroxylation is 1. The van der Waals surface area contributed by atoms with E-state index in [1.807, 2.05) is 20.0 Å². The minimum absolute atomic E-state index is 0. The van der Waals surface area contributed by atoms with Crippen molar-refractivity contribution in [2.45, 2.75) is 24.8 Å². The predicted octanol–water partition coefficient (Wildman–Crippen LogP) is 0.983. The van der Waals surface area contributed by atoms with Gasteiger partial charge < -0.3 is 10.6 Å². The molecule has 8 nitrogen and oxygen atoms in total. The second-order valence-electron chi connectivity index (χ2n) is 5.51. The van der Waals surface area contributed by atoms with Gasteiger partial charge in [-0.2, -0.15) is 5.10 Å². The minimum atomic E-state index is -3.65. The van der Waals surface area contributed by atoms with E-state index in [2.05, 4.69) is 20.7 Å². The largest absolute Gasteiger partial charge is 0.357 e. The van der Waals surface area contributed by atoms with Gasteiger partial charge in [0.05, 0.1) is 17.1 Å². The van der Waals surface area contributed by atoms with Crippen LogP contribution in [0.4, 0.5) is 0 Å². The van der Waals surface area contributed by atoms with Gasteiger partial charge in [-0.1, -0.05) is 12.1 Å². The van der Waals surface area contributed by atoms with Gasteiger partial charge in [-0.15, -0.1) is 24.0 Å². The molecule has 1 aromatic carbocycles. The van der Waals surface area contributed by atoms with Crippen LogP contribution in [0.3, 0.4) is 0 Å². The lowest BCUT2D eigenvalue weighted by Gasteiger charge is -2.11. The maximum Gasteiger partial charge on any atom is 0.238 e. The van der Waals surface area contributed by atoms with Crippen molar-refractivity contribution in [2.24, 2.45) is 17.2 Å². The van der Waals surface area contributed by atoms with Crippen molar-refractivity contribution in [2.75, 3.05) is 13.1 Å². The Morgan fingerprint density at radius 2 is 1.92 bits per heavy atom. The molecule has 0 fully saturated rings. The van der Waals surface area contributed by atoms with E-state index in [0.29, 0.717) is 13.1 Å². The standard InChI is InChI=1S/C16H24N6O2S.HI/c1-3-18-16(20-12-14-9-11-21-22(14)2)19-10-8-13-4-6-15(7-5-13)25(17,23)24;/h4-7,9,11H,3,8,10,12H2,1-2H3,(H2,17,23,24)(H2,18,19,20);1H. The summed E-state index contributed by atoms with van der Waals surface area (Å²) in [6.45, 7) is 3.98. The minimum Gasteiger partial charge on any atom is -0.357 e. The highest BCUT2D eigenvalue weighted by Crippen LogP contribution is 2.08. The molecule has 0 bridgehead atoms. The number of hydrogen-bond donors (Lipinski definition) is 3. The number of rotatable bonds is 7. The predicted molar refractivity (Wildman–Crippen MR) is 113 cm³/mol. The van der Waals surface area contributed by atoms with Crippen LogP contribution in [0, 0.1) is 0 Å². The summed E-state index contributed by atoms with van der Waals surface area (Å²) in [6, 6.07) is 8.50. The number of hydrogen-bond acceptors (Lipinski definition) is 4. The van der Waals surface area contributed by atoms with Gasteiger partial charge in [0.1, 0.15) is 0 Å². The molecule has 0 aliphatic heterocycles. The molecule has 0 saturated heterocycles. The fraction of sp³-hybridized carbons (Fsp3) is 0.375. The zero-order valence-electron chi connectivity index (χ0n) is 14.8. The van der Waals surface area contributed by atoms with E-state index < -0.39 is 10.0 Å². The zero-order chi connectivity index (χ0) is 18.3. The second-order valence-corrected chi connectivity index (χ2v) is 7.07. The molecule has 0 spiro atoms.